The fraction of sp³-hybridized carbons (Fsp3) is 0.917. The Balaban J connectivity index is 2.59. The molecule has 49 heavy (non-hydrogen) atoms. The molecule has 13 heteroatoms. The van der Waals surface area contributed by atoms with Crippen molar-refractivity contribution in [3.63, 3.8) is 0 Å². The number of phosphoric ester groups is 1. The minimum absolute atomic E-state index is 0.217. The second kappa shape index (κ2) is 27.7. The predicted octanol–water partition coefficient (Wildman–Crippen LogP) is 5.33. The molecular weight excluding hydrogens is 653 g/mol. The van der Waals surface area contributed by atoms with E-state index >= 15 is 0 Å². The summed E-state index contributed by atoms with van der Waals surface area (Å²) in [5.41, 5.74) is 0. The third kappa shape index (κ3) is 20.6. The number of unbranched alkanes of at least 4 members (excludes halogenated alkanes) is 19. The van der Waals surface area contributed by atoms with Crippen molar-refractivity contribution in [1.29, 1.82) is 0 Å². The zero-order chi connectivity index (χ0) is 36.5. The lowest BCUT2D eigenvalue weighted by atomic mass is 9.85. The maximum atomic E-state index is 12.8. The molecule has 0 aliphatic heterocycles. The van der Waals surface area contributed by atoms with Gasteiger partial charge in [0.2, 0.25) is 5.91 Å². The number of nitrogens with one attached hydrogen (secondary N) is 1. The Hall–Kier alpha value is -0.920. The summed E-state index contributed by atoms with van der Waals surface area (Å²) in [4.78, 5) is 23.1. The van der Waals surface area contributed by atoms with Crippen LogP contribution in [0.4, 0.5) is 0 Å². The Morgan fingerprint density at radius 3 is 1.55 bits per heavy atom. The summed E-state index contributed by atoms with van der Waals surface area (Å²) in [5.74, 6) is -0.344. The van der Waals surface area contributed by atoms with Crippen molar-refractivity contribution in [2.45, 2.75) is 204 Å². The summed E-state index contributed by atoms with van der Waals surface area (Å²) in [6.07, 6.45) is 14.5. The summed E-state index contributed by atoms with van der Waals surface area (Å²) < 4.78 is 22.7. The molecule has 1 amide bonds. The third-order valence-electron chi connectivity index (χ3n) is 9.32. The van der Waals surface area contributed by atoms with E-state index in [-0.39, 0.29) is 12.3 Å². The van der Waals surface area contributed by atoms with E-state index in [1.54, 1.807) is 6.08 Å². The van der Waals surface area contributed by atoms with E-state index in [4.69, 9.17) is 9.05 Å². The summed E-state index contributed by atoms with van der Waals surface area (Å²) in [6.45, 7) is 3.76. The fourth-order valence-electron chi connectivity index (χ4n) is 6.08. The molecule has 1 aliphatic carbocycles. The highest BCUT2D eigenvalue weighted by molar-refractivity contribution is 7.47. The van der Waals surface area contributed by atoms with Crippen LogP contribution in [0.3, 0.4) is 0 Å². The number of hydrogen-bond donors (Lipinski definition) is 8. The third-order valence-corrected chi connectivity index (χ3v) is 10.3. The normalized spacial score (nSPS) is 25.3. The SMILES string of the molecule is CCCCCCCCC/C=C/[C@@H](O)[C@H](COP(=O)(O)OC1C(O)C(O)C(O)[C@@H](O)C1O)NC(=O)CCCCCCCCCCCCCCC. The van der Waals surface area contributed by atoms with Crippen molar-refractivity contribution >= 4 is 13.7 Å². The van der Waals surface area contributed by atoms with Gasteiger partial charge in [0.15, 0.2) is 0 Å². The van der Waals surface area contributed by atoms with Crippen LogP contribution in [0, 0.1) is 0 Å². The van der Waals surface area contributed by atoms with E-state index < -0.39 is 63.2 Å². The summed E-state index contributed by atoms with van der Waals surface area (Å²) in [7, 11) is -5.06. The Morgan fingerprint density at radius 1 is 0.673 bits per heavy atom. The number of carbonyl (C=O) groups is 1. The van der Waals surface area contributed by atoms with Gasteiger partial charge in [-0.3, -0.25) is 13.8 Å². The molecule has 1 fully saturated rings. The van der Waals surface area contributed by atoms with Crippen LogP contribution in [0.15, 0.2) is 12.2 Å². The van der Waals surface area contributed by atoms with Gasteiger partial charge in [0.25, 0.3) is 0 Å². The average molecular weight is 724 g/mol. The quantitative estimate of drug-likeness (QED) is 0.0270. The number of amides is 1. The highest BCUT2D eigenvalue weighted by Gasteiger charge is 2.51. The molecule has 9 atom stereocenters. The van der Waals surface area contributed by atoms with Crippen LogP contribution >= 0.6 is 7.82 Å². The first-order valence-electron chi connectivity index (χ1n) is 19.1. The number of aliphatic hydroxyl groups excluding tert-OH is 6. The molecule has 8 N–H and O–H groups in total. The van der Waals surface area contributed by atoms with Crippen molar-refractivity contribution < 1.29 is 53.9 Å². The monoisotopic (exact) mass is 723 g/mol. The first kappa shape index (κ1) is 46.1. The van der Waals surface area contributed by atoms with Gasteiger partial charge < -0.3 is 40.8 Å². The van der Waals surface area contributed by atoms with Crippen molar-refractivity contribution in [2.75, 3.05) is 6.61 Å². The van der Waals surface area contributed by atoms with Crippen molar-refractivity contribution in [3.05, 3.63) is 12.2 Å². The van der Waals surface area contributed by atoms with E-state index in [1.165, 1.54) is 89.5 Å². The van der Waals surface area contributed by atoms with Gasteiger partial charge in [0.05, 0.1) is 18.8 Å². The molecule has 12 nitrogen and oxygen atoms in total. The van der Waals surface area contributed by atoms with Crippen LogP contribution in [-0.2, 0) is 18.4 Å². The molecule has 1 rings (SSSR count). The lowest BCUT2D eigenvalue weighted by Gasteiger charge is -2.41. The van der Waals surface area contributed by atoms with Gasteiger partial charge >= 0.3 is 7.82 Å². The number of phosphoric acid groups is 1. The van der Waals surface area contributed by atoms with Crippen LogP contribution in [0.5, 0.6) is 0 Å². The van der Waals surface area contributed by atoms with E-state index in [2.05, 4.69) is 19.2 Å². The highest BCUT2D eigenvalue weighted by Crippen LogP contribution is 2.47. The van der Waals surface area contributed by atoms with E-state index in [9.17, 15) is 44.9 Å². The molecule has 6 unspecified atom stereocenters. The maximum Gasteiger partial charge on any atom is 0.472 e. The molecule has 1 aliphatic rings. The number of hydrogen-bond acceptors (Lipinski definition) is 10. The average Bonchev–Trinajstić information content (AvgIpc) is 3.08. The molecule has 1 saturated carbocycles. The fourth-order valence-corrected chi connectivity index (χ4v) is 7.04. The van der Waals surface area contributed by atoms with Gasteiger partial charge in [-0.1, -0.05) is 142 Å². The van der Waals surface area contributed by atoms with Crippen molar-refractivity contribution in [1.82, 2.24) is 5.32 Å². The van der Waals surface area contributed by atoms with Crippen LogP contribution in [-0.4, -0.2) is 96.8 Å². The Labute approximate surface area is 295 Å². The Bertz CT molecular complexity index is 894. The van der Waals surface area contributed by atoms with E-state index in [1.807, 2.05) is 0 Å². The zero-order valence-corrected chi connectivity index (χ0v) is 31.1. The first-order chi connectivity index (χ1) is 23.4. The number of allylic oxidation sites excluding steroid dienone is 1. The predicted molar refractivity (Wildman–Crippen MR) is 191 cm³/mol. The molecule has 290 valence electrons. The van der Waals surface area contributed by atoms with Gasteiger partial charge in [-0.15, -0.1) is 0 Å². The summed E-state index contributed by atoms with van der Waals surface area (Å²) >= 11 is 0. The lowest BCUT2D eigenvalue weighted by molar-refractivity contribution is -0.220. The van der Waals surface area contributed by atoms with E-state index in [0.29, 0.717) is 6.42 Å². The van der Waals surface area contributed by atoms with Crippen LogP contribution in [0.2, 0.25) is 0 Å². The lowest BCUT2D eigenvalue weighted by Crippen LogP contribution is -2.64. The molecule has 0 saturated heterocycles. The number of aliphatic hydroxyl groups is 6. The second-order valence-corrected chi connectivity index (χ2v) is 15.2. The van der Waals surface area contributed by atoms with Crippen LogP contribution in [0.25, 0.3) is 0 Å². The van der Waals surface area contributed by atoms with Crippen LogP contribution in [0.1, 0.15) is 155 Å². The van der Waals surface area contributed by atoms with Gasteiger partial charge in [0.1, 0.15) is 36.6 Å². The standard InChI is InChI=1S/C36H70NO11P/c1-3-5-7-9-11-13-14-15-16-18-20-22-24-26-30(39)37-28(29(38)25-23-21-19-17-12-10-8-6-4-2)27-47-49(45,46)48-36-34(43)32(41)31(40)33(42)35(36)44/h23,25,28-29,31-36,38,40-44H,3-22,24,26-27H2,1-2H3,(H,37,39)(H,45,46)/b25-23+/t28-,29+,31?,32+,33?,34?,35?,36?/m0/s1. The zero-order valence-electron chi connectivity index (χ0n) is 30.2. The molecule has 0 aromatic rings. The molecule has 0 aromatic carbocycles. The molecule has 0 heterocycles. The Kier molecular flexibility index (Phi) is 26.1. The minimum Gasteiger partial charge on any atom is -0.387 e. The Morgan fingerprint density at radius 2 is 1.08 bits per heavy atom. The van der Waals surface area contributed by atoms with Crippen molar-refractivity contribution in [2.24, 2.45) is 0 Å². The summed E-state index contributed by atoms with van der Waals surface area (Å²) in [6, 6.07) is -1.11. The summed E-state index contributed by atoms with van der Waals surface area (Å²) in [5, 5.41) is 63.5. The molecule has 0 bridgehead atoms. The number of carbonyl (C=O) groups excluding carboxylic acids is 1. The van der Waals surface area contributed by atoms with Gasteiger partial charge in [-0.2, -0.15) is 0 Å². The molecule has 0 spiro atoms. The smallest absolute Gasteiger partial charge is 0.387 e. The molecule has 0 radical (unpaired) electrons. The minimum atomic E-state index is -5.06. The van der Waals surface area contributed by atoms with Gasteiger partial charge in [-0.25, -0.2) is 4.57 Å². The topological polar surface area (TPSA) is 206 Å². The molecule has 0 aromatic heterocycles. The van der Waals surface area contributed by atoms with Crippen LogP contribution < -0.4 is 5.32 Å². The largest absolute Gasteiger partial charge is 0.472 e. The van der Waals surface area contributed by atoms with Crippen molar-refractivity contribution in [3.8, 4) is 0 Å². The second-order valence-electron chi connectivity index (χ2n) is 13.8. The first-order valence-corrected chi connectivity index (χ1v) is 20.6. The molecular formula is C36H70NO11P. The maximum absolute atomic E-state index is 12.8. The number of rotatable bonds is 30. The van der Waals surface area contributed by atoms with Gasteiger partial charge in [-0.05, 0) is 19.3 Å². The highest BCUT2D eigenvalue weighted by atomic mass is 31.2. The van der Waals surface area contributed by atoms with E-state index in [0.717, 1.165) is 44.9 Å². The van der Waals surface area contributed by atoms with Gasteiger partial charge in [0, 0.05) is 6.42 Å².